The number of nitrogens with zero attached hydrogens (tertiary/aromatic N) is 2. The lowest BCUT2D eigenvalue weighted by Gasteiger charge is -2.06. The average Bonchev–Trinajstić information content (AvgIpc) is 2.03. The predicted molar refractivity (Wildman–Crippen MR) is 35.6 cm³/mol. The number of carbonyl (C=O) groups is 1. The zero-order valence-corrected chi connectivity index (χ0v) is 6.17. The first kappa shape index (κ1) is 9.43. The molecule has 0 atom stereocenters. The van der Waals surface area contributed by atoms with E-state index in [1.807, 2.05) is 0 Å². The van der Waals surface area contributed by atoms with Crippen molar-refractivity contribution in [1.29, 1.82) is 0 Å². The highest BCUT2D eigenvalue weighted by atomic mass is 19.4. The van der Waals surface area contributed by atoms with E-state index in [0.29, 0.717) is 0 Å². The maximum absolute atomic E-state index is 11.6. The molecule has 0 saturated carbocycles. The second kappa shape index (κ2) is 3.38. The maximum atomic E-state index is 11.6. The Bertz CT molecular complexity index is 298. The summed E-state index contributed by atoms with van der Waals surface area (Å²) in [6, 6.07) is 2.45. The van der Waals surface area contributed by atoms with Crippen LogP contribution in [0.5, 0.6) is 0 Å². The Morgan fingerprint density at radius 2 is 2.15 bits per heavy atom. The first-order chi connectivity index (χ1) is 5.99. The molecule has 1 amide bonds. The molecule has 4 nitrogen and oxygen atoms in total. The Balaban J connectivity index is 2.71. The fourth-order valence-electron chi connectivity index (χ4n) is 0.615. The lowest BCUT2D eigenvalue weighted by atomic mass is 10.4. The molecule has 1 N–H and O–H groups in total. The quantitative estimate of drug-likeness (QED) is 0.665. The van der Waals surface area contributed by atoms with Gasteiger partial charge < -0.3 is 0 Å². The summed E-state index contributed by atoms with van der Waals surface area (Å²) in [6.07, 6.45) is -3.49. The van der Waals surface area contributed by atoms with Gasteiger partial charge in [-0.3, -0.25) is 10.1 Å². The van der Waals surface area contributed by atoms with Gasteiger partial charge in [0.1, 0.15) is 0 Å². The number of carbonyl (C=O) groups excluding carboxylic acids is 1. The van der Waals surface area contributed by atoms with Crippen LogP contribution >= 0.6 is 0 Å². The van der Waals surface area contributed by atoms with Gasteiger partial charge in [0.05, 0.1) is 0 Å². The molecule has 1 aromatic rings. The van der Waals surface area contributed by atoms with Gasteiger partial charge in [0.25, 0.3) is 5.91 Å². The van der Waals surface area contributed by atoms with Crippen molar-refractivity contribution in [2.24, 2.45) is 0 Å². The van der Waals surface area contributed by atoms with Gasteiger partial charge in [0, 0.05) is 6.20 Å². The van der Waals surface area contributed by atoms with E-state index in [2.05, 4.69) is 10.2 Å². The van der Waals surface area contributed by atoms with Crippen LogP contribution in [0.1, 0.15) is 10.5 Å². The molecule has 0 aliphatic heterocycles. The molecule has 7 heteroatoms. The molecule has 0 spiro atoms. The largest absolute Gasteiger partial charge is 0.484 e. The van der Waals surface area contributed by atoms with Gasteiger partial charge in [0.2, 0.25) is 0 Å². The van der Waals surface area contributed by atoms with E-state index in [1.54, 1.807) is 0 Å². The van der Waals surface area contributed by atoms with Gasteiger partial charge in [-0.2, -0.15) is 18.3 Å². The number of alkyl halides is 3. The molecule has 13 heavy (non-hydrogen) atoms. The van der Waals surface area contributed by atoms with Gasteiger partial charge in [-0.05, 0) is 12.1 Å². The van der Waals surface area contributed by atoms with Gasteiger partial charge >= 0.3 is 6.30 Å². The van der Waals surface area contributed by atoms with E-state index in [1.165, 1.54) is 12.3 Å². The minimum Gasteiger partial charge on any atom is -0.267 e. The van der Waals surface area contributed by atoms with Crippen LogP contribution in [0.25, 0.3) is 0 Å². The van der Waals surface area contributed by atoms with E-state index in [4.69, 9.17) is 0 Å². The summed E-state index contributed by atoms with van der Waals surface area (Å²) in [4.78, 5) is 10.7. The van der Waals surface area contributed by atoms with Crippen molar-refractivity contribution in [1.82, 2.24) is 15.5 Å². The van der Waals surface area contributed by atoms with Gasteiger partial charge in [-0.25, -0.2) is 0 Å². The van der Waals surface area contributed by atoms with Gasteiger partial charge in [-0.15, -0.1) is 5.10 Å². The fraction of sp³-hybridized carbons (Fsp3) is 0.167. The van der Waals surface area contributed by atoms with Crippen molar-refractivity contribution in [3.05, 3.63) is 24.0 Å². The Labute approximate surface area is 70.8 Å². The second-order valence-electron chi connectivity index (χ2n) is 2.06. The van der Waals surface area contributed by atoms with E-state index in [-0.39, 0.29) is 5.69 Å². The van der Waals surface area contributed by atoms with E-state index >= 15 is 0 Å². The molecule has 0 radical (unpaired) electrons. The summed E-state index contributed by atoms with van der Waals surface area (Å²) >= 11 is 0. The molecule has 70 valence electrons. The third kappa shape index (κ3) is 3.06. The molecule has 1 heterocycles. The molecule has 0 aliphatic rings. The molecule has 1 aromatic heterocycles. The predicted octanol–water partition coefficient (Wildman–Crippen LogP) is 0.726. The van der Waals surface area contributed by atoms with Crippen LogP contribution in [0.4, 0.5) is 13.2 Å². The van der Waals surface area contributed by atoms with Crippen molar-refractivity contribution in [3.8, 4) is 0 Å². The van der Waals surface area contributed by atoms with Crippen molar-refractivity contribution in [2.45, 2.75) is 6.30 Å². The first-order valence-corrected chi connectivity index (χ1v) is 3.16. The number of amides is 1. The van der Waals surface area contributed by atoms with Crippen LogP contribution in [0.15, 0.2) is 18.3 Å². The zero-order valence-electron chi connectivity index (χ0n) is 6.17. The Kier molecular flexibility index (Phi) is 2.45. The lowest BCUT2D eigenvalue weighted by molar-refractivity contribution is -0.146. The monoisotopic (exact) mass is 191 g/mol. The molecule has 0 saturated heterocycles. The fourth-order valence-corrected chi connectivity index (χ4v) is 0.615. The van der Waals surface area contributed by atoms with Crippen molar-refractivity contribution in [3.63, 3.8) is 0 Å². The first-order valence-electron chi connectivity index (χ1n) is 3.16. The standard InChI is InChI=1S/C6H4F3N3O/c7-6(8,9)11-5(13)4-2-1-3-10-12-4/h1-3H,(H,11,13). The molecular formula is C6H4F3N3O. The number of aromatic nitrogens is 2. The molecule has 0 aromatic carbocycles. The van der Waals surface area contributed by atoms with Crippen molar-refractivity contribution in [2.75, 3.05) is 0 Å². The smallest absolute Gasteiger partial charge is 0.267 e. The summed E-state index contributed by atoms with van der Waals surface area (Å²) in [5, 5.41) is 7.25. The highest BCUT2D eigenvalue weighted by Gasteiger charge is 2.30. The molecule has 1 rings (SSSR count). The minimum atomic E-state index is -4.74. The Hall–Kier alpha value is -1.66. The van der Waals surface area contributed by atoms with Crippen LogP contribution in [-0.4, -0.2) is 22.4 Å². The molecular weight excluding hydrogens is 187 g/mol. The highest BCUT2D eigenvalue weighted by molar-refractivity contribution is 5.92. The zero-order chi connectivity index (χ0) is 9.90. The Morgan fingerprint density at radius 1 is 1.46 bits per heavy atom. The van der Waals surface area contributed by atoms with Crippen LogP contribution in [0.2, 0.25) is 0 Å². The van der Waals surface area contributed by atoms with E-state index in [0.717, 1.165) is 11.4 Å². The van der Waals surface area contributed by atoms with Gasteiger partial charge in [-0.1, -0.05) is 0 Å². The molecule has 0 fully saturated rings. The molecule has 0 bridgehead atoms. The van der Waals surface area contributed by atoms with Crippen molar-refractivity contribution < 1.29 is 18.0 Å². The Morgan fingerprint density at radius 3 is 2.62 bits per heavy atom. The van der Waals surface area contributed by atoms with Gasteiger partial charge in [0.15, 0.2) is 5.69 Å². The maximum Gasteiger partial charge on any atom is 0.484 e. The van der Waals surface area contributed by atoms with Crippen molar-refractivity contribution >= 4 is 5.91 Å². The SMILES string of the molecule is O=C(NC(F)(F)F)c1cccnn1. The summed E-state index contributed by atoms with van der Waals surface area (Å²) in [5.41, 5.74) is -0.375. The average molecular weight is 191 g/mol. The third-order valence-electron chi connectivity index (χ3n) is 1.06. The van der Waals surface area contributed by atoms with E-state index < -0.39 is 12.2 Å². The lowest BCUT2D eigenvalue weighted by Crippen LogP contribution is -2.37. The minimum absolute atomic E-state index is 0.375. The normalized spacial score (nSPS) is 11.0. The summed E-state index contributed by atoms with van der Waals surface area (Å²) < 4.78 is 34.8. The third-order valence-corrected chi connectivity index (χ3v) is 1.06. The number of hydrogen-bond acceptors (Lipinski definition) is 3. The summed E-state index contributed by atoms with van der Waals surface area (Å²) in [6.45, 7) is 0. The van der Waals surface area contributed by atoms with Crippen LogP contribution < -0.4 is 5.32 Å². The number of rotatable bonds is 1. The van der Waals surface area contributed by atoms with E-state index in [9.17, 15) is 18.0 Å². The molecule has 0 unspecified atom stereocenters. The van der Waals surface area contributed by atoms with Crippen LogP contribution in [0.3, 0.4) is 0 Å². The van der Waals surface area contributed by atoms with Crippen LogP contribution in [-0.2, 0) is 0 Å². The molecule has 0 aliphatic carbocycles. The van der Waals surface area contributed by atoms with Crippen LogP contribution in [0, 0.1) is 0 Å². The topological polar surface area (TPSA) is 54.9 Å². The number of hydrogen-bond donors (Lipinski definition) is 1. The summed E-state index contributed by atoms with van der Waals surface area (Å²) in [5.74, 6) is -1.32. The summed E-state index contributed by atoms with van der Waals surface area (Å²) in [7, 11) is 0. The highest BCUT2D eigenvalue weighted by Crippen LogP contribution is 2.10. The number of nitrogens with one attached hydrogen (secondary N) is 1. The number of halogens is 3. The second-order valence-corrected chi connectivity index (χ2v) is 2.06.